The molecule has 0 fully saturated rings. The largest absolute Gasteiger partial charge is 0.307 e. The van der Waals surface area contributed by atoms with E-state index in [0.29, 0.717) is 0 Å². The quantitative estimate of drug-likeness (QED) is 0.767. The molecule has 1 N–H and O–H groups in total. The molecule has 108 valence electrons. The molecule has 1 aliphatic rings. The molecule has 1 unspecified atom stereocenters. The average Bonchev–Trinajstić information content (AvgIpc) is 3.13. The van der Waals surface area contributed by atoms with Gasteiger partial charge in [0.15, 0.2) is 0 Å². The molecule has 0 saturated heterocycles. The van der Waals surface area contributed by atoms with E-state index in [0.717, 1.165) is 6.42 Å². The molecular weight excluding hydrogens is 296 g/mol. The molecule has 0 spiro atoms. The summed E-state index contributed by atoms with van der Waals surface area (Å²) >= 11 is 3.73. The molecule has 4 rings (SSSR count). The van der Waals surface area contributed by atoms with Crippen molar-refractivity contribution in [1.29, 1.82) is 0 Å². The van der Waals surface area contributed by atoms with Crippen molar-refractivity contribution < 1.29 is 0 Å². The fourth-order valence-corrected chi connectivity index (χ4v) is 5.40. The van der Waals surface area contributed by atoms with Crippen LogP contribution in [0.15, 0.2) is 29.6 Å². The number of nitrogens with one attached hydrogen (secondary N) is 1. The molecule has 21 heavy (non-hydrogen) atoms. The van der Waals surface area contributed by atoms with Crippen molar-refractivity contribution in [3.05, 3.63) is 50.8 Å². The van der Waals surface area contributed by atoms with E-state index in [2.05, 4.69) is 35.0 Å². The molecule has 3 aromatic rings. The number of aryl methyl sites for hydroxylation is 2. The highest BCUT2D eigenvalue weighted by atomic mass is 32.1. The number of aromatic nitrogens is 1. The Bertz CT molecular complexity index is 749. The molecule has 0 amide bonds. The number of rotatable bonds is 3. The Labute approximate surface area is 132 Å². The summed E-state index contributed by atoms with van der Waals surface area (Å²) in [6.45, 7) is 0. The molecule has 2 aromatic heterocycles. The second-order valence-corrected chi connectivity index (χ2v) is 7.56. The van der Waals surface area contributed by atoms with E-state index in [1.807, 2.05) is 29.7 Å². The highest BCUT2D eigenvalue weighted by molar-refractivity contribution is 7.17. The van der Waals surface area contributed by atoms with E-state index in [4.69, 9.17) is 4.98 Å². The van der Waals surface area contributed by atoms with Gasteiger partial charge in [-0.25, -0.2) is 4.98 Å². The molecule has 1 atom stereocenters. The van der Waals surface area contributed by atoms with Gasteiger partial charge in [0, 0.05) is 9.58 Å². The maximum Gasteiger partial charge on any atom is 0.115 e. The van der Waals surface area contributed by atoms with Gasteiger partial charge in [-0.15, -0.1) is 22.7 Å². The standard InChI is InChI=1S/C17H18N2S2/c1-18-16(12-10-20-14-8-4-2-6-11(12)14)17-19-13-7-3-5-9-15(13)21-17/h2,4,6,8,10,16,18H,3,5,7,9H2,1H3. The lowest BCUT2D eigenvalue weighted by molar-refractivity contribution is 0.664. The van der Waals surface area contributed by atoms with E-state index in [-0.39, 0.29) is 6.04 Å². The Hall–Kier alpha value is -1.23. The maximum absolute atomic E-state index is 4.95. The van der Waals surface area contributed by atoms with Gasteiger partial charge in [-0.05, 0) is 55.1 Å². The molecule has 2 nitrogen and oxygen atoms in total. The summed E-state index contributed by atoms with van der Waals surface area (Å²) in [6, 6.07) is 8.87. The maximum atomic E-state index is 4.95. The lowest BCUT2D eigenvalue weighted by Crippen LogP contribution is -2.17. The van der Waals surface area contributed by atoms with Crippen LogP contribution < -0.4 is 5.32 Å². The molecule has 0 aliphatic heterocycles. The fourth-order valence-electron chi connectivity index (χ4n) is 3.13. The number of nitrogens with zero attached hydrogens (tertiary/aromatic N) is 1. The predicted molar refractivity (Wildman–Crippen MR) is 91.5 cm³/mol. The van der Waals surface area contributed by atoms with Crippen molar-refractivity contribution >= 4 is 32.8 Å². The van der Waals surface area contributed by atoms with Crippen LogP contribution in [0, 0.1) is 0 Å². The van der Waals surface area contributed by atoms with Gasteiger partial charge in [0.1, 0.15) is 5.01 Å². The molecule has 0 bridgehead atoms. The molecule has 1 aromatic carbocycles. The van der Waals surface area contributed by atoms with E-state index < -0.39 is 0 Å². The number of thiophene rings is 1. The molecular formula is C17H18N2S2. The van der Waals surface area contributed by atoms with Gasteiger partial charge in [-0.1, -0.05) is 18.2 Å². The van der Waals surface area contributed by atoms with Crippen LogP contribution >= 0.6 is 22.7 Å². The summed E-state index contributed by atoms with van der Waals surface area (Å²) in [5, 5.41) is 8.35. The van der Waals surface area contributed by atoms with Crippen molar-refractivity contribution in [3.63, 3.8) is 0 Å². The van der Waals surface area contributed by atoms with Crippen LogP contribution in [0.5, 0.6) is 0 Å². The first-order valence-corrected chi connectivity index (χ1v) is 9.18. The van der Waals surface area contributed by atoms with E-state index in [9.17, 15) is 0 Å². The predicted octanol–water partition coefficient (Wildman–Crippen LogP) is 4.55. The van der Waals surface area contributed by atoms with Crippen LogP contribution in [0.2, 0.25) is 0 Å². The fraction of sp³-hybridized carbons (Fsp3) is 0.353. The van der Waals surface area contributed by atoms with Crippen LogP contribution in [-0.4, -0.2) is 12.0 Å². The van der Waals surface area contributed by atoms with Gasteiger partial charge in [-0.2, -0.15) is 0 Å². The first kappa shape index (κ1) is 13.4. The van der Waals surface area contributed by atoms with E-state index >= 15 is 0 Å². The minimum absolute atomic E-state index is 0.219. The summed E-state index contributed by atoms with van der Waals surface area (Å²) in [6.07, 6.45) is 4.99. The Balaban J connectivity index is 1.79. The van der Waals surface area contributed by atoms with Crippen molar-refractivity contribution in [2.75, 3.05) is 7.05 Å². The zero-order valence-corrected chi connectivity index (χ0v) is 13.7. The number of thiazole rings is 1. The third-order valence-corrected chi connectivity index (χ3v) is 6.42. The zero-order chi connectivity index (χ0) is 14.2. The second kappa shape index (κ2) is 5.52. The van der Waals surface area contributed by atoms with Crippen LogP contribution in [0.3, 0.4) is 0 Å². The topological polar surface area (TPSA) is 24.9 Å². The summed E-state index contributed by atoms with van der Waals surface area (Å²) in [7, 11) is 2.04. The SMILES string of the molecule is CNC(c1nc2c(s1)CCCC2)c1csc2ccccc12. The number of benzene rings is 1. The molecule has 0 saturated carbocycles. The van der Waals surface area contributed by atoms with Crippen LogP contribution in [0.4, 0.5) is 0 Å². The highest BCUT2D eigenvalue weighted by Gasteiger charge is 2.23. The number of hydrogen-bond donors (Lipinski definition) is 1. The lowest BCUT2D eigenvalue weighted by Gasteiger charge is -2.12. The van der Waals surface area contributed by atoms with Crippen LogP contribution in [-0.2, 0) is 12.8 Å². The Morgan fingerprint density at radius 1 is 1.19 bits per heavy atom. The van der Waals surface area contributed by atoms with E-state index in [1.54, 1.807) is 0 Å². The third-order valence-electron chi connectivity index (χ3n) is 4.22. The monoisotopic (exact) mass is 314 g/mol. The molecule has 1 aliphatic carbocycles. The molecule has 4 heteroatoms. The normalized spacial score (nSPS) is 16.0. The first-order chi connectivity index (χ1) is 10.4. The van der Waals surface area contributed by atoms with Gasteiger partial charge >= 0.3 is 0 Å². The van der Waals surface area contributed by atoms with Gasteiger partial charge < -0.3 is 5.32 Å². The summed E-state index contributed by atoms with van der Waals surface area (Å²) in [4.78, 5) is 6.46. The Kier molecular flexibility index (Phi) is 3.53. The highest BCUT2D eigenvalue weighted by Crippen LogP contribution is 2.37. The van der Waals surface area contributed by atoms with Gasteiger partial charge in [-0.3, -0.25) is 0 Å². The van der Waals surface area contributed by atoms with Gasteiger partial charge in [0.05, 0.1) is 11.7 Å². The van der Waals surface area contributed by atoms with Gasteiger partial charge in [0.2, 0.25) is 0 Å². The van der Waals surface area contributed by atoms with E-state index in [1.165, 1.54) is 50.5 Å². The zero-order valence-electron chi connectivity index (χ0n) is 12.1. The third kappa shape index (κ3) is 2.31. The minimum atomic E-state index is 0.219. The van der Waals surface area contributed by atoms with Crippen LogP contribution in [0.25, 0.3) is 10.1 Å². The summed E-state index contributed by atoms with van der Waals surface area (Å²) in [5.41, 5.74) is 2.71. The number of hydrogen-bond acceptors (Lipinski definition) is 4. The smallest absolute Gasteiger partial charge is 0.115 e. The van der Waals surface area contributed by atoms with Gasteiger partial charge in [0.25, 0.3) is 0 Å². The Morgan fingerprint density at radius 2 is 2.05 bits per heavy atom. The molecule has 2 heterocycles. The van der Waals surface area contributed by atoms with Crippen molar-refractivity contribution in [3.8, 4) is 0 Å². The summed E-state index contributed by atoms with van der Waals surface area (Å²) < 4.78 is 1.36. The van der Waals surface area contributed by atoms with Crippen LogP contribution in [0.1, 0.15) is 40.0 Å². The Morgan fingerprint density at radius 3 is 2.90 bits per heavy atom. The van der Waals surface area contributed by atoms with Crippen molar-refractivity contribution in [1.82, 2.24) is 10.3 Å². The summed E-state index contributed by atoms with van der Waals surface area (Å²) in [5.74, 6) is 0. The van der Waals surface area contributed by atoms with Crippen molar-refractivity contribution in [2.24, 2.45) is 0 Å². The minimum Gasteiger partial charge on any atom is -0.307 e. The van der Waals surface area contributed by atoms with Crippen molar-refractivity contribution in [2.45, 2.75) is 31.7 Å². The molecule has 0 radical (unpaired) electrons. The number of fused-ring (bicyclic) bond motifs is 2. The lowest BCUT2D eigenvalue weighted by atomic mass is 10.0. The second-order valence-electron chi connectivity index (χ2n) is 5.54. The average molecular weight is 314 g/mol. The first-order valence-electron chi connectivity index (χ1n) is 7.48.